The van der Waals surface area contributed by atoms with Crippen LogP contribution in [0.3, 0.4) is 0 Å². The second-order valence-corrected chi connectivity index (χ2v) is 3.88. The number of benzene rings is 1. The fraction of sp³-hybridized carbons (Fsp3) is 0.250. The Bertz CT molecular complexity index is 456. The summed E-state index contributed by atoms with van der Waals surface area (Å²) in [6, 6.07) is 6.51. The number of aliphatic carboxylic acids is 1. The zero-order valence-electron chi connectivity index (χ0n) is 9.74. The van der Waals surface area contributed by atoms with Crippen molar-refractivity contribution in [1.82, 2.24) is 0 Å². The smallest absolute Gasteiger partial charge is 0.328 e. The van der Waals surface area contributed by atoms with Crippen molar-refractivity contribution < 1.29 is 14.7 Å². The van der Waals surface area contributed by atoms with Crippen molar-refractivity contribution in [1.29, 1.82) is 0 Å². The Hall–Kier alpha value is -2.21. The van der Waals surface area contributed by atoms with Crippen molar-refractivity contribution in [3.8, 4) is 0 Å². The number of rotatable bonds is 6. The molecule has 0 bridgehead atoms. The molecule has 0 saturated heterocycles. The first kappa shape index (κ1) is 13.9. The van der Waals surface area contributed by atoms with E-state index in [4.69, 9.17) is 11.6 Å². The summed E-state index contributed by atoms with van der Waals surface area (Å²) in [5, 5.41) is 12.6. The Morgan fingerprint density at radius 1 is 1.39 bits per heavy atom. The largest absolute Gasteiger partial charge is 0.480 e. The molecule has 1 rings (SSSR count). The second kappa shape index (κ2) is 5.92. The lowest BCUT2D eigenvalue weighted by Gasteiger charge is -2.24. The molecule has 0 saturated carbocycles. The van der Waals surface area contributed by atoms with Crippen LogP contribution in [0.25, 0.3) is 0 Å². The van der Waals surface area contributed by atoms with Gasteiger partial charge in [0.15, 0.2) is 0 Å². The maximum atomic E-state index is 11.3. The Kier molecular flexibility index (Phi) is 4.56. The van der Waals surface area contributed by atoms with Crippen molar-refractivity contribution in [3.63, 3.8) is 0 Å². The summed E-state index contributed by atoms with van der Waals surface area (Å²) in [4.78, 5) is 21.6. The number of nitrogens with two attached hydrogens (primary N) is 2. The number of aldehydes is 1. The third-order valence-electron chi connectivity index (χ3n) is 2.69. The molecule has 0 aliphatic carbocycles. The van der Waals surface area contributed by atoms with Crippen LogP contribution in [0.4, 0.5) is 0 Å². The molecule has 0 amide bonds. The van der Waals surface area contributed by atoms with Gasteiger partial charge in [-0.3, -0.25) is 0 Å². The van der Waals surface area contributed by atoms with E-state index in [1.807, 2.05) is 0 Å². The summed E-state index contributed by atoms with van der Waals surface area (Å²) in [5.74, 6) is 3.85. The Morgan fingerprint density at radius 2 is 2.00 bits per heavy atom. The van der Waals surface area contributed by atoms with E-state index in [1.165, 1.54) is 6.21 Å². The van der Waals surface area contributed by atoms with E-state index in [1.54, 1.807) is 24.3 Å². The van der Waals surface area contributed by atoms with Gasteiger partial charge in [-0.05, 0) is 17.5 Å². The summed E-state index contributed by atoms with van der Waals surface area (Å²) in [6.45, 7) is 0. The maximum Gasteiger partial charge on any atom is 0.328 e. The monoisotopic (exact) mass is 249 g/mol. The molecular weight excluding hydrogens is 234 g/mol. The molecule has 5 N–H and O–H groups in total. The highest BCUT2D eigenvalue weighted by atomic mass is 16.4. The summed E-state index contributed by atoms with van der Waals surface area (Å²) < 4.78 is 0. The first-order valence-corrected chi connectivity index (χ1v) is 5.34. The van der Waals surface area contributed by atoms with Gasteiger partial charge in [-0.1, -0.05) is 24.3 Å². The molecule has 1 aromatic rings. The van der Waals surface area contributed by atoms with Gasteiger partial charge in [-0.15, -0.1) is 0 Å². The molecule has 6 nitrogen and oxygen atoms in total. The van der Waals surface area contributed by atoms with E-state index in [0.29, 0.717) is 11.8 Å². The van der Waals surface area contributed by atoms with Crippen LogP contribution < -0.4 is 11.6 Å². The van der Waals surface area contributed by atoms with Gasteiger partial charge < -0.3 is 21.5 Å². The quantitative estimate of drug-likeness (QED) is 0.288. The number of carboxylic acids is 1. The minimum atomic E-state index is -1.56. The Balaban J connectivity index is 3.06. The van der Waals surface area contributed by atoms with Crippen molar-refractivity contribution in [2.45, 2.75) is 18.4 Å². The predicted molar refractivity (Wildman–Crippen MR) is 67.0 cm³/mol. The van der Waals surface area contributed by atoms with Crippen LogP contribution in [0.1, 0.15) is 24.0 Å². The van der Waals surface area contributed by atoms with Crippen LogP contribution in [-0.2, 0) is 15.1 Å². The van der Waals surface area contributed by atoms with E-state index >= 15 is 0 Å². The Morgan fingerprint density at radius 3 is 2.44 bits per heavy atom. The molecule has 1 unspecified atom stereocenters. The average molecular weight is 249 g/mol. The zero-order valence-corrected chi connectivity index (χ0v) is 9.74. The molecule has 0 radical (unpaired) electrons. The topological polar surface area (TPSA) is 119 Å². The SMILES string of the molecule is NN=Cc1ccc(C(N)(CCC=O)C(=O)O)cc1. The molecule has 96 valence electrons. The van der Waals surface area contributed by atoms with Crippen molar-refractivity contribution >= 4 is 18.5 Å². The van der Waals surface area contributed by atoms with Crippen LogP contribution in [0.15, 0.2) is 29.4 Å². The molecule has 0 heterocycles. The van der Waals surface area contributed by atoms with Gasteiger partial charge in [0, 0.05) is 6.42 Å². The number of carbonyl (C=O) groups is 2. The fourth-order valence-electron chi connectivity index (χ4n) is 1.61. The number of hydrogen-bond donors (Lipinski definition) is 3. The third-order valence-corrected chi connectivity index (χ3v) is 2.69. The van der Waals surface area contributed by atoms with Gasteiger partial charge in [0.25, 0.3) is 0 Å². The van der Waals surface area contributed by atoms with E-state index in [-0.39, 0.29) is 12.8 Å². The van der Waals surface area contributed by atoms with Gasteiger partial charge >= 0.3 is 5.97 Å². The first-order valence-electron chi connectivity index (χ1n) is 5.34. The highest BCUT2D eigenvalue weighted by Gasteiger charge is 2.35. The summed E-state index contributed by atoms with van der Waals surface area (Å²) in [6.07, 6.45) is 2.24. The zero-order chi connectivity index (χ0) is 13.6. The number of hydrazone groups is 1. The van der Waals surface area contributed by atoms with Crippen LogP contribution in [0.2, 0.25) is 0 Å². The molecule has 6 heteroatoms. The fourth-order valence-corrected chi connectivity index (χ4v) is 1.61. The predicted octanol–water partition coefficient (Wildman–Crippen LogP) is 0.197. The van der Waals surface area contributed by atoms with Crippen molar-refractivity contribution in [2.24, 2.45) is 16.7 Å². The van der Waals surface area contributed by atoms with Crippen LogP contribution in [0.5, 0.6) is 0 Å². The van der Waals surface area contributed by atoms with Gasteiger partial charge in [0.2, 0.25) is 0 Å². The molecule has 0 aliphatic rings. The Labute approximate surface area is 104 Å². The van der Waals surface area contributed by atoms with E-state index < -0.39 is 11.5 Å². The molecule has 0 spiro atoms. The molecule has 18 heavy (non-hydrogen) atoms. The number of carbonyl (C=O) groups excluding carboxylic acids is 1. The van der Waals surface area contributed by atoms with Crippen LogP contribution >= 0.6 is 0 Å². The van der Waals surface area contributed by atoms with Gasteiger partial charge in [0.05, 0.1) is 6.21 Å². The molecular formula is C12H15N3O3. The van der Waals surface area contributed by atoms with Gasteiger partial charge in [0.1, 0.15) is 11.8 Å². The molecule has 0 aromatic heterocycles. The third kappa shape index (κ3) is 2.92. The van der Waals surface area contributed by atoms with Crippen molar-refractivity contribution in [3.05, 3.63) is 35.4 Å². The summed E-state index contributed by atoms with van der Waals surface area (Å²) in [7, 11) is 0. The number of nitrogens with zero attached hydrogens (tertiary/aromatic N) is 1. The lowest BCUT2D eigenvalue weighted by Crippen LogP contribution is -2.44. The molecule has 0 aliphatic heterocycles. The van der Waals surface area contributed by atoms with Gasteiger partial charge in [-0.25, -0.2) is 4.79 Å². The highest BCUT2D eigenvalue weighted by molar-refractivity contribution is 5.82. The first-order chi connectivity index (χ1) is 8.54. The minimum Gasteiger partial charge on any atom is -0.480 e. The van der Waals surface area contributed by atoms with Gasteiger partial charge in [-0.2, -0.15) is 5.10 Å². The molecule has 1 aromatic carbocycles. The highest BCUT2D eigenvalue weighted by Crippen LogP contribution is 2.24. The van der Waals surface area contributed by atoms with E-state index in [9.17, 15) is 14.7 Å². The van der Waals surface area contributed by atoms with E-state index in [2.05, 4.69) is 5.10 Å². The normalized spacial score (nSPS) is 14.3. The average Bonchev–Trinajstić information content (AvgIpc) is 2.37. The molecule has 0 fully saturated rings. The number of carboxylic acid groups (broad SMARTS) is 1. The molecule has 1 atom stereocenters. The summed E-state index contributed by atoms with van der Waals surface area (Å²) >= 11 is 0. The second-order valence-electron chi connectivity index (χ2n) is 3.88. The summed E-state index contributed by atoms with van der Waals surface area (Å²) in [5.41, 5.74) is 5.48. The number of hydrogen-bond acceptors (Lipinski definition) is 5. The van der Waals surface area contributed by atoms with E-state index in [0.717, 1.165) is 5.56 Å². The van der Waals surface area contributed by atoms with Crippen LogP contribution in [0, 0.1) is 0 Å². The lowest BCUT2D eigenvalue weighted by molar-refractivity contribution is -0.144. The lowest BCUT2D eigenvalue weighted by atomic mass is 9.86. The van der Waals surface area contributed by atoms with Crippen molar-refractivity contribution in [2.75, 3.05) is 0 Å². The minimum absolute atomic E-state index is 0.0517. The van der Waals surface area contributed by atoms with Crippen LogP contribution in [-0.4, -0.2) is 23.6 Å². The standard InChI is InChI=1S/C12H15N3O3/c13-12(11(17)18,6-1-7-16)10-4-2-9(3-5-10)8-15-14/h2-5,7-8H,1,6,13-14H2,(H,17,18). The maximum absolute atomic E-state index is 11.3.